The maximum atomic E-state index is 8.29. The van der Waals surface area contributed by atoms with E-state index in [4.69, 9.17) is 11.0 Å². The van der Waals surface area contributed by atoms with Crippen molar-refractivity contribution >= 4 is 5.84 Å². The summed E-state index contributed by atoms with van der Waals surface area (Å²) < 4.78 is 0. The van der Waals surface area contributed by atoms with Crippen molar-refractivity contribution in [3.8, 4) is 6.07 Å². The van der Waals surface area contributed by atoms with Crippen molar-refractivity contribution < 1.29 is 0 Å². The van der Waals surface area contributed by atoms with Gasteiger partial charge in [0.1, 0.15) is 6.07 Å². The first-order valence-electron chi connectivity index (χ1n) is 3.83. The number of rotatable bonds is 3. The zero-order chi connectivity index (χ0) is 9.52. The number of hydrogen-bond acceptors (Lipinski definition) is 3. The summed E-state index contributed by atoms with van der Waals surface area (Å²) in [4.78, 5) is 0. The lowest BCUT2D eigenvalue weighted by molar-refractivity contribution is 0.744. The van der Waals surface area contributed by atoms with Crippen molar-refractivity contribution in [1.29, 1.82) is 5.26 Å². The minimum atomic E-state index is -0.0593. The lowest BCUT2D eigenvalue weighted by Gasteiger charge is -1.99. The van der Waals surface area contributed by atoms with E-state index >= 15 is 0 Å². The van der Waals surface area contributed by atoms with E-state index in [0.717, 1.165) is 5.56 Å². The Morgan fingerprint density at radius 2 is 2.15 bits per heavy atom. The van der Waals surface area contributed by atoms with E-state index < -0.39 is 0 Å². The number of benzene rings is 1. The first kappa shape index (κ1) is 9.07. The van der Waals surface area contributed by atoms with Crippen molar-refractivity contribution in [2.45, 2.75) is 6.54 Å². The van der Waals surface area contributed by atoms with Crippen LogP contribution in [0, 0.1) is 11.3 Å². The Morgan fingerprint density at radius 3 is 2.77 bits per heavy atom. The molecule has 4 heteroatoms. The Kier molecular flexibility index (Phi) is 3.33. The number of nitrogens with one attached hydrogen (secondary N) is 1. The molecule has 0 aliphatic carbocycles. The number of hydrogen-bond donors (Lipinski definition) is 2. The summed E-state index contributed by atoms with van der Waals surface area (Å²) in [5.41, 5.74) is 8.95. The maximum absolute atomic E-state index is 8.29. The molecule has 0 aliphatic rings. The summed E-state index contributed by atoms with van der Waals surface area (Å²) in [5.74, 6) is -0.0593. The molecule has 1 rings (SSSR count). The number of amidine groups is 1. The van der Waals surface area contributed by atoms with Gasteiger partial charge in [-0.3, -0.25) is 0 Å². The summed E-state index contributed by atoms with van der Waals surface area (Å²) in [7, 11) is 0. The molecule has 0 saturated heterocycles. The molecule has 1 aromatic rings. The van der Waals surface area contributed by atoms with Gasteiger partial charge in [-0.05, 0) is 5.56 Å². The third-order valence-corrected chi connectivity index (χ3v) is 1.44. The summed E-state index contributed by atoms with van der Waals surface area (Å²) in [6.07, 6.45) is 0. The van der Waals surface area contributed by atoms with Gasteiger partial charge in [0.2, 0.25) is 5.84 Å². The first-order chi connectivity index (χ1) is 6.33. The molecule has 1 aromatic carbocycles. The van der Waals surface area contributed by atoms with Crippen LogP contribution in [0.5, 0.6) is 0 Å². The van der Waals surface area contributed by atoms with Gasteiger partial charge in [0.25, 0.3) is 0 Å². The van der Waals surface area contributed by atoms with Gasteiger partial charge in [0.05, 0.1) is 6.54 Å². The second-order valence-electron chi connectivity index (χ2n) is 2.43. The van der Waals surface area contributed by atoms with Crippen molar-refractivity contribution in [3.05, 3.63) is 35.9 Å². The van der Waals surface area contributed by atoms with E-state index in [2.05, 4.69) is 10.5 Å². The van der Waals surface area contributed by atoms with E-state index in [1.165, 1.54) is 0 Å². The number of nitrogens with zero attached hydrogens (tertiary/aromatic N) is 2. The second kappa shape index (κ2) is 4.78. The molecule has 0 amide bonds. The minimum Gasteiger partial charge on any atom is -0.374 e. The van der Waals surface area contributed by atoms with E-state index in [-0.39, 0.29) is 5.84 Å². The van der Waals surface area contributed by atoms with Gasteiger partial charge in [-0.25, -0.2) is 0 Å². The zero-order valence-corrected chi connectivity index (χ0v) is 7.07. The van der Waals surface area contributed by atoms with Gasteiger partial charge in [-0.1, -0.05) is 30.3 Å². The van der Waals surface area contributed by atoms with Crippen LogP contribution >= 0.6 is 0 Å². The Balaban J connectivity index is 2.41. The molecular formula is C9H10N4. The van der Waals surface area contributed by atoms with E-state index in [1.807, 2.05) is 30.3 Å². The van der Waals surface area contributed by atoms with Gasteiger partial charge < -0.3 is 11.2 Å². The summed E-state index contributed by atoms with van der Waals surface area (Å²) in [6, 6.07) is 11.5. The molecule has 66 valence electrons. The molecule has 0 aromatic heterocycles. The Labute approximate surface area is 76.7 Å². The lowest BCUT2D eigenvalue weighted by atomic mass is 10.2. The smallest absolute Gasteiger partial charge is 0.221 e. The van der Waals surface area contributed by atoms with Gasteiger partial charge in [-0.2, -0.15) is 10.4 Å². The minimum absolute atomic E-state index is 0.0593. The third-order valence-electron chi connectivity index (χ3n) is 1.44. The molecule has 0 aliphatic heterocycles. The molecule has 0 fully saturated rings. The van der Waals surface area contributed by atoms with Gasteiger partial charge >= 0.3 is 0 Å². The average molecular weight is 174 g/mol. The molecular weight excluding hydrogens is 164 g/mol. The molecule has 0 bridgehead atoms. The van der Waals surface area contributed by atoms with Crippen LogP contribution in [0.2, 0.25) is 0 Å². The van der Waals surface area contributed by atoms with Crippen molar-refractivity contribution in [2.24, 2.45) is 10.8 Å². The first-order valence-corrected chi connectivity index (χ1v) is 3.83. The fourth-order valence-electron chi connectivity index (χ4n) is 0.837. The summed E-state index contributed by atoms with van der Waals surface area (Å²) in [6.45, 7) is 0.573. The monoisotopic (exact) mass is 174 g/mol. The van der Waals surface area contributed by atoms with E-state index in [1.54, 1.807) is 6.07 Å². The largest absolute Gasteiger partial charge is 0.374 e. The molecule has 0 saturated carbocycles. The van der Waals surface area contributed by atoms with E-state index in [9.17, 15) is 0 Å². The molecule has 0 radical (unpaired) electrons. The van der Waals surface area contributed by atoms with Gasteiger partial charge in [-0.15, -0.1) is 0 Å². The highest BCUT2D eigenvalue weighted by Crippen LogP contribution is 1.96. The average Bonchev–Trinajstić information content (AvgIpc) is 2.19. The fourth-order valence-corrected chi connectivity index (χ4v) is 0.837. The molecule has 0 unspecified atom stereocenters. The predicted octanol–water partition coefficient (Wildman–Crippen LogP) is 0.572. The lowest BCUT2D eigenvalue weighted by Crippen LogP contribution is -2.15. The fraction of sp³-hybridized carbons (Fsp3) is 0.111. The SMILES string of the molecule is N#C/C(N)=N/NCc1ccccc1. The summed E-state index contributed by atoms with van der Waals surface area (Å²) in [5, 5.41) is 11.9. The second-order valence-corrected chi connectivity index (χ2v) is 2.43. The van der Waals surface area contributed by atoms with Crippen LogP contribution < -0.4 is 11.2 Å². The molecule has 3 N–H and O–H groups in total. The van der Waals surface area contributed by atoms with Crippen LogP contribution in [-0.2, 0) is 6.54 Å². The topological polar surface area (TPSA) is 74.2 Å². The molecule has 13 heavy (non-hydrogen) atoms. The number of hydrazone groups is 1. The quantitative estimate of drug-likeness (QED) is 0.399. The molecule has 0 atom stereocenters. The normalized spacial score (nSPS) is 10.5. The highest BCUT2D eigenvalue weighted by molar-refractivity contribution is 5.94. The van der Waals surface area contributed by atoms with Crippen LogP contribution in [0.3, 0.4) is 0 Å². The predicted molar refractivity (Wildman–Crippen MR) is 50.5 cm³/mol. The third kappa shape index (κ3) is 3.25. The van der Waals surface area contributed by atoms with Crippen LogP contribution in [0.25, 0.3) is 0 Å². The molecule has 0 spiro atoms. The molecule has 4 nitrogen and oxygen atoms in total. The van der Waals surface area contributed by atoms with Crippen LogP contribution in [-0.4, -0.2) is 5.84 Å². The highest BCUT2D eigenvalue weighted by Gasteiger charge is 1.88. The Morgan fingerprint density at radius 1 is 1.46 bits per heavy atom. The maximum Gasteiger partial charge on any atom is 0.221 e. The number of nitrogens with two attached hydrogens (primary N) is 1. The molecule has 0 heterocycles. The van der Waals surface area contributed by atoms with Crippen molar-refractivity contribution in [1.82, 2.24) is 5.43 Å². The van der Waals surface area contributed by atoms with Gasteiger partial charge in [0.15, 0.2) is 0 Å². The van der Waals surface area contributed by atoms with Crippen molar-refractivity contribution in [3.63, 3.8) is 0 Å². The van der Waals surface area contributed by atoms with Crippen LogP contribution in [0.15, 0.2) is 35.4 Å². The Hall–Kier alpha value is -2.02. The van der Waals surface area contributed by atoms with Crippen LogP contribution in [0.1, 0.15) is 5.56 Å². The van der Waals surface area contributed by atoms with Gasteiger partial charge in [0, 0.05) is 0 Å². The Bertz CT molecular complexity index is 323. The standard InChI is InChI=1S/C9H10N4/c10-6-9(11)13-12-7-8-4-2-1-3-5-8/h1-5,12H,7H2,(H2,11,13). The van der Waals surface area contributed by atoms with Crippen molar-refractivity contribution in [2.75, 3.05) is 0 Å². The zero-order valence-electron chi connectivity index (χ0n) is 7.07. The van der Waals surface area contributed by atoms with E-state index in [0.29, 0.717) is 6.54 Å². The summed E-state index contributed by atoms with van der Waals surface area (Å²) >= 11 is 0. The highest BCUT2D eigenvalue weighted by atomic mass is 15.3. The number of nitriles is 1. The van der Waals surface area contributed by atoms with Crippen LogP contribution in [0.4, 0.5) is 0 Å².